The maximum absolute atomic E-state index is 12.3. The maximum Gasteiger partial charge on any atom is 0.414 e. The van der Waals surface area contributed by atoms with Crippen LogP contribution in [0.4, 0.5) is 21.9 Å². The molecule has 3 rings (SSSR count). The number of carbonyl (C=O) groups is 1. The first-order valence-electron chi connectivity index (χ1n) is 8.48. The largest absolute Gasteiger partial charge is 0.452 e. The first-order chi connectivity index (χ1) is 14.2. The van der Waals surface area contributed by atoms with Crippen LogP contribution in [-0.2, 0) is 11.2 Å². The molecule has 0 radical (unpaired) electrons. The number of non-ortho nitro benzene ring substituents is 1. The zero-order valence-electron chi connectivity index (χ0n) is 15.5. The molecule has 1 heterocycles. The Hall–Kier alpha value is -4.35. The van der Waals surface area contributed by atoms with Gasteiger partial charge >= 0.3 is 6.09 Å². The predicted molar refractivity (Wildman–Crippen MR) is 103 cm³/mol. The zero-order valence-corrected chi connectivity index (χ0v) is 15.5. The van der Waals surface area contributed by atoms with Crippen LogP contribution in [-0.4, -0.2) is 32.9 Å². The minimum absolute atomic E-state index is 0.332. The number of fused-ring (bicyclic) bond motifs is 1. The van der Waals surface area contributed by atoms with E-state index in [1.165, 1.54) is 6.20 Å². The molecule has 1 unspecified atom stereocenters. The Labute approximate surface area is 168 Å². The Morgan fingerprint density at radius 2 is 1.63 bits per heavy atom. The van der Waals surface area contributed by atoms with Crippen LogP contribution < -0.4 is 0 Å². The molecule has 2 aromatic carbocycles. The standard InChI is InChI=1S/C18H14N4O8/c1-30-18(23)19-7-6-11-4-2-3-5-13(11)15(19)10-14-16(21(26)27)8-12(20(24)25)9-17(14)22(28)29/h2-9,15H,10H2,1H3. The molecule has 12 heteroatoms. The van der Waals surface area contributed by atoms with Crippen LogP contribution in [0, 0.1) is 30.3 Å². The highest BCUT2D eigenvalue weighted by Crippen LogP contribution is 2.40. The van der Waals surface area contributed by atoms with Gasteiger partial charge in [-0.15, -0.1) is 0 Å². The summed E-state index contributed by atoms with van der Waals surface area (Å²) in [4.78, 5) is 44.9. The first kappa shape index (κ1) is 20.4. The van der Waals surface area contributed by atoms with Crippen molar-refractivity contribution in [2.45, 2.75) is 12.5 Å². The summed E-state index contributed by atoms with van der Waals surface area (Å²) < 4.78 is 4.76. The van der Waals surface area contributed by atoms with Crippen LogP contribution in [0.1, 0.15) is 22.7 Å². The molecule has 1 atom stereocenters. The smallest absolute Gasteiger partial charge is 0.414 e. The molecule has 0 bridgehead atoms. The highest BCUT2D eigenvalue weighted by molar-refractivity contribution is 5.74. The number of ether oxygens (including phenoxy) is 1. The van der Waals surface area contributed by atoms with E-state index in [-0.39, 0.29) is 12.0 Å². The van der Waals surface area contributed by atoms with Gasteiger partial charge in [0, 0.05) is 12.6 Å². The van der Waals surface area contributed by atoms with Crippen molar-refractivity contribution in [1.82, 2.24) is 4.90 Å². The van der Waals surface area contributed by atoms with Crippen molar-refractivity contribution in [2.24, 2.45) is 0 Å². The van der Waals surface area contributed by atoms with Crippen LogP contribution in [0.15, 0.2) is 42.6 Å². The van der Waals surface area contributed by atoms with Gasteiger partial charge in [0.2, 0.25) is 0 Å². The molecule has 30 heavy (non-hydrogen) atoms. The molecule has 0 saturated heterocycles. The third kappa shape index (κ3) is 3.65. The van der Waals surface area contributed by atoms with Crippen LogP contribution >= 0.6 is 0 Å². The summed E-state index contributed by atoms with van der Waals surface area (Å²) in [5.41, 5.74) is -1.34. The lowest BCUT2D eigenvalue weighted by atomic mass is 9.90. The van der Waals surface area contributed by atoms with E-state index in [1.807, 2.05) is 0 Å². The second kappa shape index (κ2) is 7.95. The molecule has 1 aliphatic heterocycles. The van der Waals surface area contributed by atoms with Gasteiger partial charge in [-0.3, -0.25) is 35.2 Å². The number of nitrogens with zero attached hydrogens (tertiary/aromatic N) is 4. The summed E-state index contributed by atoms with van der Waals surface area (Å²) in [6, 6.07) is 7.38. The number of rotatable bonds is 5. The predicted octanol–water partition coefficient (Wildman–Crippen LogP) is 3.75. The Kier molecular flexibility index (Phi) is 5.40. The molecule has 0 saturated carbocycles. The van der Waals surface area contributed by atoms with Crippen molar-refractivity contribution in [3.05, 3.63) is 89.6 Å². The van der Waals surface area contributed by atoms with E-state index in [0.717, 1.165) is 17.6 Å². The third-order valence-corrected chi connectivity index (χ3v) is 4.68. The van der Waals surface area contributed by atoms with Gasteiger partial charge in [-0.2, -0.15) is 0 Å². The molecule has 0 N–H and O–H groups in total. The fraction of sp³-hybridized carbons (Fsp3) is 0.167. The van der Waals surface area contributed by atoms with Gasteiger partial charge in [0.05, 0.1) is 40.1 Å². The minimum atomic E-state index is -0.941. The first-order valence-corrected chi connectivity index (χ1v) is 8.48. The molecule has 2 aromatic rings. The quantitative estimate of drug-likeness (QED) is 0.528. The number of nitro groups is 3. The molecule has 0 spiro atoms. The molecule has 0 fully saturated rings. The van der Waals surface area contributed by atoms with Gasteiger partial charge in [0.25, 0.3) is 17.1 Å². The van der Waals surface area contributed by atoms with Gasteiger partial charge in [0.1, 0.15) is 5.56 Å². The molecule has 0 aliphatic carbocycles. The fourth-order valence-corrected chi connectivity index (χ4v) is 3.34. The van der Waals surface area contributed by atoms with Gasteiger partial charge in [-0.1, -0.05) is 24.3 Å². The number of hydrogen-bond acceptors (Lipinski definition) is 8. The summed E-state index contributed by atoms with van der Waals surface area (Å²) in [5.74, 6) is 0. The SMILES string of the molecule is COC(=O)N1C=Cc2ccccc2C1Cc1c([N+](=O)[O-])cc([N+](=O)[O-])cc1[N+](=O)[O-]. The summed E-state index contributed by atoms with van der Waals surface area (Å²) in [6.07, 6.45) is 1.96. The Balaban J connectivity index is 2.21. The summed E-state index contributed by atoms with van der Waals surface area (Å²) >= 11 is 0. The van der Waals surface area contributed by atoms with Crippen molar-refractivity contribution >= 4 is 29.2 Å². The van der Waals surface area contributed by atoms with E-state index in [0.29, 0.717) is 17.7 Å². The molecule has 154 valence electrons. The second-order valence-electron chi connectivity index (χ2n) is 6.28. The van der Waals surface area contributed by atoms with Crippen LogP contribution in [0.2, 0.25) is 0 Å². The summed E-state index contributed by atoms with van der Waals surface area (Å²) in [7, 11) is 1.16. The van der Waals surface area contributed by atoms with Gasteiger partial charge in [-0.05, 0) is 17.2 Å². The average molecular weight is 414 g/mol. The highest BCUT2D eigenvalue weighted by atomic mass is 16.6. The molecule has 12 nitrogen and oxygen atoms in total. The van der Waals surface area contributed by atoms with Crippen LogP contribution in [0.3, 0.4) is 0 Å². The third-order valence-electron chi connectivity index (χ3n) is 4.68. The number of nitro benzene ring substituents is 3. The number of benzene rings is 2. The second-order valence-corrected chi connectivity index (χ2v) is 6.28. The van der Waals surface area contributed by atoms with Gasteiger partial charge in [-0.25, -0.2) is 4.79 Å². The maximum atomic E-state index is 12.3. The van der Waals surface area contributed by atoms with E-state index >= 15 is 0 Å². The van der Waals surface area contributed by atoms with E-state index in [1.54, 1.807) is 30.3 Å². The highest BCUT2D eigenvalue weighted by Gasteiger charge is 2.36. The molecule has 0 aromatic heterocycles. The molecule has 1 aliphatic rings. The number of methoxy groups -OCH3 is 1. The van der Waals surface area contributed by atoms with E-state index < -0.39 is 44.0 Å². The van der Waals surface area contributed by atoms with Crippen molar-refractivity contribution in [2.75, 3.05) is 7.11 Å². The topological polar surface area (TPSA) is 159 Å². The van der Waals surface area contributed by atoms with Crippen LogP contribution in [0.5, 0.6) is 0 Å². The van der Waals surface area contributed by atoms with E-state index in [2.05, 4.69) is 0 Å². The minimum Gasteiger partial charge on any atom is -0.452 e. The van der Waals surface area contributed by atoms with Crippen LogP contribution in [0.25, 0.3) is 6.08 Å². The summed E-state index contributed by atoms with van der Waals surface area (Å²) in [5, 5.41) is 34.2. The van der Waals surface area contributed by atoms with Crippen molar-refractivity contribution in [3.63, 3.8) is 0 Å². The van der Waals surface area contributed by atoms with Gasteiger partial charge < -0.3 is 4.74 Å². The zero-order chi connectivity index (χ0) is 22.0. The Bertz CT molecular complexity index is 1060. The van der Waals surface area contributed by atoms with Gasteiger partial charge in [0.15, 0.2) is 0 Å². The normalized spacial score (nSPS) is 14.7. The lowest BCUT2D eigenvalue weighted by Crippen LogP contribution is -2.33. The summed E-state index contributed by atoms with van der Waals surface area (Å²) in [6.45, 7) is 0. The Morgan fingerprint density at radius 1 is 1.03 bits per heavy atom. The number of carbonyl (C=O) groups excluding carboxylic acids is 1. The molecular formula is C18H14N4O8. The lowest BCUT2D eigenvalue weighted by Gasteiger charge is -2.32. The Morgan fingerprint density at radius 3 is 2.17 bits per heavy atom. The molecular weight excluding hydrogens is 400 g/mol. The van der Waals surface area contributed by atoms with E-state index in [4.69, 9.17) is 4.74 Å². The number of amides is 1. The van der Waals surface area contributed by atoms with Crippen molar-refractivity contribution < 1.29 is 24.3 Å². The van der Waals surface area contributed by atoms with E-state index in [9.17, 15) is 35.1 Å². The monoisotopic (exact) mass is 414 g/mol. The lowest BCUT2D eigenvalue weighted by molar-refractivity contribution is -0.404. The van der Waals surface area contributed by atoms with Crippen molar-refractivity contribution in [1.29, 1.82) is 0 Å². The molecule has 1 amide bonds. The average Bonchev–Trinajstić information content (AvgIpc) is 2.72. The fourth-order valence-electron chi connectivity index (χ4n) is 3.34. The number of hydrogen-bond donors (Lipinski definition) is 0. The van der Waals surface area contributed by atoms with Crippen molar-refractivity contribution in [3.8, 4) is 0 Å².